The van der Waals surface area contributed by atoms with Crippen molar-refractivity contribution in [3.63, 3.8) is 0 Å². The predicted molar refractivity (Wildman–Crippen MR) is 94.2 cm³/mol. The van der Waals surface area contributed by atoms with Crippen molar-refractivity contribution in [1.29, 1.82) is 0 Å². The Morgan fingerprint density at radius 3 is 2.59 bits per heavy atom. The molecule has 3 N–H and O–H groups in total. The van der Waals surface area contributed by atoms with Gasteiger partial charge < -0.3 is 20.3 Å². The molecule has 1 saturated carbocycles. The number of benzene rings is 1. The van der Waals surface area contributed by atoms with Gasteiger partial charge in [0.15, 0.2) is 5.82 Å². The molecule has 1 aromatic heterocycles. The predicted octanol–water partition coefficient (Wildman–Crippen LogP) is 0.629. The summed E-state index contributed by atoms with van der Waals surface area (Å²) in [5.74, 6) is 0.677. The summed E-state index contributed by atoms with van der Waals surface area (Å²) in [4.78, 5) is 23.9. The number of aliphatic hydroxyl groups is 1. The van der Waals surface area contributed by atoms with Crippen LogP contribution < -0.4 is 10.6 Å². The first-order valence-electron chi connectivity index (χ1n) is 8.80. The van der Waals surface area contributed by atoms with Crippen LogP contribution in [0.25, 0.3) is 0 Å². The van der Waals surface area contributed by atoms with E-state index in [9.17, 15) is 14.0 Å². The van der Waals surface area contributed by atoms with E-state index in [1.54, 1.807) is 4.57 Å². The molecule has 1 heterocycles. The van der Waals surface area contributed by atoms with Gasteiger partial charge in [0.2, 0.25) is 5.91 Å². The average molecular weight is 375 g/mol. The second kappa shape index (κ2) is 8.26. The zero-order chi connectivity index (χ0) is 19.4. The summed E-state index contributed by atoms with van der Waals surface area (Å²) >= 11 is 0. The molecule has 144 valence electrons. The Morgan fingerprint density at radius 1 is 1.26 bits per heavy atom. The Bertz CT molecular complexity index is 815. The maximum atomic E-state index is 12.8. The van der Waals surface area contributed by atoms with Crippen molar-refractivity contribution in [1.82, 2.24) is 25.4 Å². The topological polar surface area (TPSA) is 109 Å². The second-order valence-corrected chi connectivity index (χ2v) is 6.64. The molecule has 0 atom stereocenters. The summed E-state index contributed by atoms with van der Waals surface area (Å²) in [5, 5.41) is 22.7. The lowest BCUT2D eigenvalue weighted by molar-refractivity contribution is -0.122. The molecule has 1 aliphatic carbocycles. The largest absolute Gasteiger partial charge is 0.388 e. The molecule has 1 aliphatic rings. The van der Waals surface area contributed by atoms with Crippen molar-refractivity contribution < 1.29 is 19.1 Å². The lowest BCUT2D eigenvalue weighted by Gasteiger charge is -2.35. The van der Waals surface area contributed by atoms with Crippen molar-refractivity contribution in [2.45, 2.75) is 37.8 Å². The van der Waals surface area contributed by atoms with Gasteiger partial charge in [-0.15, -0.1) is 10.2 Å². The molecule has 9 heteroatoms. The Hall–Kier alpha value is -2.81. The highest BCUT2D eigenvalue weighted by Gasteiger charge is 2.34. The molecule has 0 radical (unpaired) electrons. The van der Waals surface area contributed by atoms with Gasteiger partial charge in [-0.2, -0.15) is 0 Å². The molecule has 27 heavy (non-hydrogen) atoms. The van der Waals surface area contributed by atoms with Crippen molar-refractivity contribution in [2.24, 2.45) is 7.05 Å². The summed E-state index contributed by atoms with van der Waals surface area (Å²) < 4.78 is 14.6. The molecule has 0 bridgehead atoms. The molecule has 8 nitrogen and oxygen atoms in total. The van der Waals surface area contributed by atoms with E-state index in [4.69, 9.17) is 5.11 Å². The molecule has 2 amide bonds. The summed E-state index contributed by atoms with van der Waals surface area (Å²) in [6.07, 6.45) is 1.71. The first-order chi connectivity index (χ1) is 13.0. The number of hydrogen-bond donors (Lipinski definition) is 3. The Labute approximate surface area is 155 Å². The van der Waals surface area contributed by atoms with Gasteiger partial charge in [0, 0.05) is 37.5 Å². The van der Waals surface area contributed by atoms with E-state index in [0.29, 0.717) is 11.4 Å². The van der Waals surface area contributed by atoms with Crippen LogP contribution in [0.2, 0.25) is 0 Å². The minimum absolute atomic E-state index is 0.0737. The lowest BCUT2D eigenvalue weighted by Crippen LogP contribution is -2.44. The summed E-state index contributed by atoms with van der Waals surface area (Å²) in [5.41, 5.74) is 0.351. The summed E-state index contributed by atoms with van der Waals surface area (Å²) in [7, 11) is 1.82. The van der Waals surface area contributed by atoms with Gasteiger partial charge in [-0.3, -0.25) is 9.59 Å². The van der Waals surface area contributed by atoms with Crippen LogP contribution in [0.1, 0.15) is 47.2 Å². The van der Waals surface area contributed by atoms with Crippen LogP contribution in [0.5, 0.6) is 0 Å². The quantitative estimate of drug-likeness (QED) is 0.658. The van der Waals surface area contributed by atoms with Gasteiger partial charge in [-0.05, 0) is 37.1 Å². The van der Waals surface area contributed by atoms with Gasteiger partial charge in [0.1, 0.15) is 18.2 Å². The van der Waals surface area contributed by atoms with Gasteiger partial charge in [-0.1, -0.05) is 0 Å². The van der Waals surface area contributed by atoms with Crippen LogP contribution in [0.15, 0.2) is 24.3 Å². The first kappa shape index (κ1) is 19.0. The van der Waals surface area contributed by atoms with E-state index in [-0.39, 0.29) is 43.3 Å². The molecular formula is C18H22FN5O3. The number of nitrogens with zero attached hydrogens (tertiary/aromatic N) is 3. The summed E-state index contributed by atoms with van der Waals surface area (Å²) in [6.45, 7) is 0.0569. The molecule has 0 saturated heterocycles. The SMILES string of the molecule is Cn1c(CO)nnc1C1CC(NC(=O)CCNC(=O)c2ccc(F)cc2)C1. The highest BCUT2D eigenvalue weighted by molar-refractivity contribution is 5.94. The minimum atomic E-state index is -0.404. The highest BCUT2D eigenvalue weighted by atomic mass is 19.1. The third-order valence-corrected chi connectivity index (χ3v) is 4.75. The number of halogens is 1. The van der Waals surface area contributed by atoms with Crippen LogP contribution in [0.3, 0.4) is 0 Å². The van der Waals surface area contributed by atoms with Gasteiger partial charge in [0.25, 0.3) is 5.91 Å². The van der Waals surface area contributed by atoms with E-state index in [2.05, 4.69) is 20.8 Å². The third kappa shape index (κ3) is 4.48. The fourth-order valence-corrected chi connectivity index (χ4v) is 3.11. The fraction of sp³-hybridized carbons (Fsp3) is 0.444. The number of hydrogen-bond acceptors (Lipinski definition) is 5. The number of carbonyl (C=O) groups excluding carboxylic acids is 2. The zero-order valence-corrected chi connectivity index (χ0v) is 15.0. The number of nitrogens with one attached hydrogen (secondary N) is 2. The molecule has 2 aromatic rings. The molecular weight excluding hydrogens is 353 g/mol. The van der Waals surface area contributed by atoms with Crippen LogP contribution >= 0.6 is 0 Å². The van der Waals surface area contributed by atoms with Crippen molar-refractivity contribution in [3.8, 4) is 0 Å². The third-order valence-electron chi connectivity index (χ3n) is 4.75. The van der Waals surface area contributed by atoms with Crippen LogP contribution in [0, 0.1) is 5.82 Å². The molecule has 1 aromatic carbocycles. The van der Waals surface area contributed by atoms with E-state index >= 15 is 0 Å². The highest BCUT2D eigenvalue weighted by Crippen LogP contribution is 2.35. The van der Waals surface area contributed by atoms with Crippen molar-refractivity contribution in [2.75, 3.05) is 6.54 Å². The van der Waals surface area contributed by atoms with E-state index in [1.807, 2.05) is 7.05 Å². The van der Waals surface area contributed by atoms with Crippen LogP contribution in [0.4, 0.5) is 4.39 Å². The number of aromatic nitrogens is 3. The Morgan fingerprint density at radius 2 is 1.96 bits per heavy atom. The monoisotopic (exact) mass is 375 g/mol. The number of amides is 2. The van der Waals surface area contributed by atoms with Gasteiger partial charge in [-0.25, -0.2) is 4.39 Å². The van der Waals surface area contributed by atoms with E-state index in [0.717, 1.165) is 18.7 Å². The lowest BCUT2D eigenvalue weighted by atomic mass is 9.79. The maximum absolute atomic E-state index is 12.8. The second-order valence-electron chi connectivity index (χ2n) is 6.64. The fourth-order valence-electron chi connectivity index (χ4n) is 3.11. The molecule has 0 unspecified atom stereocenters. The number of rotatable bonds is 7. The van der Waals surface area contributed by atoms with Gasteiger partial charge >= 0.3 is 0 Å². The molecule has 3 rings (SSSR count). The molecule has 1 fully saturated rings. The van der Waals surface area contributed by atoms with E-state index in [1.165, 1.54) is 24.3 Å². The van der Waals surface area contributed by atoms with Crippen molar-refractivity contribution in [3.05, 3.63) is 47.3 Å². The average Bonchev–Trinajstić information content (AvgIpc) is 2.98. The number of aliphatic hydroxyl groups excluding tert-OH is 1. The Kier molecular flexibility index (Phi) is 5.80. The minimum Gasteiger partial charge on any atom is -0.388 e. The molecule has 0 aliphatic heterocycles. The standard InChI is InChI=1S/C18H22FN5O3/c1-24-15(10-25)22-23-17(24)12-8-14(9-12)21-16(26)6-7-20-18(27)11-2-4-13(19)5-3-11/h2-5,12,14,25H,6-10H2,1H3,(H,20,27)(H,21,26). The number of carbonyl (C=O) groups is 2. The van der Waals surface area contributed by atoms with E-state index < -0.39 is 5.82 Å². The van der Waals surface area contributed by atoms with Gasteiger partial charge in [0.05, 0.1) is 0 Å². The smallest absolute Gasteiger partial charge is 0.251 e. The van der Waals surface area contributed by atoms with Crippen LogP contribution in [-0.2, 0) is 18.4 Å². The zero-order valence-electron chi connectivity index (χ0n) is 15.0. The van der Waals surface area contributed by atoms with Crippen molar-refractivity contribution >= 4 is 11.8 Å². The summed E-state index contributed by atoms with van der Waals surface area (Å²) in [6, 6.07) is 5.30. The molecule has 0 spiro atoms. The normalized spacial score (nSPS) is 18.6. The Balaban J connectivity index is 1.36. The first-order valence-corrected chi connectivity index (χ1v) is 8.80. The maximum Gasteiger partial charge on any atom is 0.251 e. The van der Waals surface area contributed by atoms with Crippen LogP contribution in [-0.4, -0.2) is 44.3 Å².